The number of hydrogen-bond acceptors (Lipinski definition) is 3. The average molecular weight is 195 g/mol. The molecule has 0 bridgehead atoms. The first-order valence-corrected chi connectivity index (χ1v) is 5.22. The molecule has 2 heterocycles. The van der Waals surface area contributed by atoms with E-state index in [9.17, 15) is 0 Å². The lowest BCUT2D eigenvalue weighted by Crippen LogP contribution is -2.43. The monoisotopic (exact) mass is 195 g/mol. The van der Waals surface area contributed by atoms with Crippen molar-refractivity contribution in [2.24, 2.45) is 0 Å². The van der Waals surface area contributed by atoms with Gasteiger partial charge in [-0.25, -0.2) is 0 Å². The van der Waals surface area contributed by atoms with Gasteiger partial charge in [-0.1, -0.05) is 6.92 Å². The Bertz CT molecular complexity index is 258. The van der Waals surface area contributed by atoms with Crippen LogP contribution in [0.4, 0.5) is 0 Å². The Morgan fingerprint density at radius 1 is 1.64 bits per heavy atom. The van der Waals surface area contributed by atoms with Crippen molar-refractivity contribution in [2.75, 3.05) is 19.8 Å². The summed E-state index contributed by atoms with van der Waals surface area (Å²) in [7, 11) is 0. The highest BCUT2D eigenvalue weighted by Gasteiger charge is 2.26. The SMILES string of the molecule is CCNC1CCOCC1n1cccn1. The number of nitrogens with zero attached hydrogens (tertiary/aromatic N) is 2. The van der Waals surface area contributed by atoms with Crippen LogP contribution in [0.25, 0.3) is 0 Å². The van der Waals surface area contributed by atoms with E-state index in [1.165, 1.54) is 0 Å². The van der Waals surface area contributed by atoms with Crippen molar-refractivity contribution in [1.82, 2.24) is 15.1 Å². The summed E-state index contributed by atoms with van der Waals surface area (Å²) in [5.41, 5.74) is 0. The van der Waals surface area contributed by atoms with E-state index in [-0.39, 0.29) is 0 Å². The quantitative estimate of drug-likeness (QED) is 0.776. The first kappa shape index (κ1) is 9.68. The second-order valence-electron chi connectivity index (χ2n) is 3.58. The molecule has 0 amide bonds. The molecule has 1 fully saturated rings. The van der Waals surface area contributed by atoms with Crippen LogP contribution in [0.1, 0.15) is 19.4 Å². The second-order valence-corrected chi connectivity index (χ2v) is 3.58. The van der Waals surface area contributed by atoms with Gasteiger partial charge in [-0.15, -0.1) is 0 Å². The number of hydrogen-bond donors (Lipinski definition) is 1. The Balaban J connectivity index is 2.06. The molecule has 4 nitrogen and oxygen atoms in total. The maximum absolute atomic E-state index is 5.48. The lowest BCUT2D eigenvalue weighted by atomic mass is 10.0. The standard InChI is InChI=1S/C10H17N3O/c1-2-11-9-4-7-14-8-10(9)13-6-3-5-12-13/h3,5-6,9-11H,2,4,7-8H2,1H3. The largest absolute Gasteiger partial charge is 0.379 e. The number of nitrogens with one attached hydrogen (secondary N) is 1. The first-order chi connectivity index (χ1) is 6.92. The minimum atomic E-state index is 0.346. The minimum absolute atomic E-state index is 0.346. The highest BCUT2D eigenvalue weighted by molar-refractivity contribution is 4.88. The predicted octanol–water partition coefficient (Wildman–Crippen LogP) is 0.823. The summed E-state index contributed by atoms with van der Waals surface area (Å²) >= 11 is 0. The van der Waals surface area contributed by atoms with Crippen LogP contribution in [0.3, 0.4) is 0 Å². The Morgan fingerprint density at radius 2 is 2.57 bits per heavy atom. The van der Waals surface area contributed by atoms with Crippen LogP contribution in [0.2, 0.25) is 0 Å². The van der Waals surface area contributed by atoms with E-state index >= 15 is 0 Å². The fourth-order valence-electron chi connectivity index (χ4n) is 1.96. The third kappa shape index (κ3) is 1.96. The third-order valence-corrected chi connectivity index (χ3v) is 2.66. The molecule has 14 heavy (non-hydrogen) atoms. The van der Waals surface area contributed by atoms with Crippen LogP contribution < -0.4 is 5.32 Å². The van der Waals surface area contributed by atoms with E-state index < -0.39 is 0 Å². The highest BCUT2D eigenvalue weighted by Crippen LogP contribution is 2.18. The summed E-state index contributed by atoms with van der Waals surface area (Å²) in [5.74, 6) is 0. The molecule has 1 aliphatic rings. The second kappa shape index (κ2) is 4.57. The summed E-state index contributed by atoms with van der Waals surface area (Å²) in [6, 6.07) is 2.80. The number of rotatable bonds is 3. The van der Waals surface area contributed by atoms with Crippen molar-refractivity contribution in [1.29, 1.82) is 0 Å². The summed E-state index contributed by atoms with van der Waals surface area (Å²) in [4.78, 5) is 0. The number of ether oxygens (including phenoxy) is 1. The van der Waals surface area contributed by atoms with Crippen molar-refractivity contribution in [3.05, 3.63) is 18.5 Å². The topological polar surface area (TPSA) is 39.1 Å². The zero-order chi connectivity index (χ0) is 9.80. The smallest absolute Gasteiger partial charge is 0.0905 e. The van der Waals surface area contributed by atoms with Crippen LogP contribution in [0, 0.1) is 0 Å². The van der Waals surface area contributed by atoms with Crippen LogP contribution in [-0.2, 0) is 4.74 Å². The molecule has 0 radical (unpaired) electrons. The van der Waals surface area contributed by atoms with Gasteiger partial charge in [0.15, 0.2) is 0 Å². The Labute approximate surface area is 84.3 Å². The maximum atomic E-state index is 5.48. The Morgan fingerprint density at radius 3 is 3.29 bits per heavy atom. The molecule has 0 aliphatic carbocycles. The van der Waals surface area contributed by atoms with Crippen molar-refractivity contribution >= 4 is 0 Å². The molecule has 1 aliphatic heterocycles. The van der Waals surface area contributed by atoms with Gasteiger partial charge in [-0.3, -0.25) is 4.68 Å². The molecule has 78 valence electrons. The van der Waals surface area contributed by atoms with Gasteiger partial charge in [0.05, 0.1) is 12.6 Å². The van der Waals surface area contributed by atoms with Gasteiger partial charge >= 0.3 is 0 Å². The zero-order valence-corrected chi connectivity index (χ0v) is 8.52. The van der Waals surface area contributed by atoms with Gasteiger partial charge < -0.3 is 10.1 Å². The molecule has 4 heteroatoms. The summed E-state index contributed by atoms with van der Waals surface area (Å²) < 4.78 is 7.47. The van der Waals surface area contributed by atoms with Crippen LogP contribution in [0.15, 0.2) is 18.5 Å². The fraction of sp³-hybridized carbons (Fsp3) is 0.700. The molecule has 1 saturated heterocycles. The molecule has 2 atom stereocenters. The van der Waals surface area contributed by atoms with E-state index in [0.717, 1.165) is 26.2 Å². The molecule has 1 N–H and O–H groups in total. The lowest BCUT2D eigenvalue weighted by Gasteiger charge is -2.32. The molecule has 0 spiro atoms. The van der Waals surface area contributed by atoms with Crippen LogP contribution in [-0.4, -0.2) is 35.6 Å². The molecule has 1 aromatic rings. The van der Waals surface area contributed by atoms with E-state index in [2.05, 4.69) is 17.3 Å². The molecular formula is C10H17N3O. The van der Waals surface area contributed by atoms with E-state index in [4.69, 9.17) is 4.74 Å². The van der Waals surface area contributed by atoms with Crippen LogP contribution >= 0.6 is 0 Å². The first-order valence-electron chi connectivity index (χ1n) is 5.22. The van der Waals surface area contributed by atoms with Gasteiger partial charge in [0.25, 0.3) is 0 Å². The van der Waals surface area contributed by atoms with E-state index in [1.54, 1.807) is 0 Å². The van der Waals surface area contributed by atoms with Gasteiger partial charge in [0.2, 0.25) is 0 Å². The van der Waals surface area contributed by atoms with Crippen molar-refractivity contribution < 1.29 is 4.74 Å². The molecule has 2 unspecified atom stereocenters. The van der Waals surface area contributed by atoms with Crippen LogP contribution in [0.5, 0.6) is 0 Å². The van der Waals surface area contributed by atoms with Crippen molar-refractivity contribution in [3.63, 3.8) is 0 Å². The van der Waals surface area contributed by atoms with E-state index in [0.29, 0.717) is 12.1 Å². The number of likely N-dealkylation sites (N-methyl/N-ethyl adjacent to an activating group) is 1. The summed E-state index contributed by atoms with van der Waals surface area (Å²) in [6.07, 6.45) is 4.89. The zero-order valence-electron chi connectivity index (χ0n) is 8.52. The Hall–Kier alpha value is -0.870. The Kier molecular flexibility index (Phi) is 3.16. The van der Waals surface area contributed by atoms with Crippen molar-refractivity contribution in [2.45, 2.75) is 25.4 Å². The molecule has 1 aromatic heterocycles. The lowest BCUT2D eigenvalue weighted by molar-refractivity contribution is 0.0331. The van der Waals surface area contributed by atoms with Gasteiger partial charge in [-0.05, 0) is 19.0 Å². The van der Waals surface area contributed by atoms with Crippen molar-refractivity contribution in [3.8, 4) is 0 Å². The summed E-state index contributed by atoms with van der Waals surface area (Å²) in [5, 5.41) is 7.75. The van der Waals surface area contributed by atoms with Gasteiger partial charge in [-0.2, -0.15) is 5.10 Å². The molecule has 2 rings (SSSR count). The third-order valence-electron chi connectivity index (χ3n) is 2.66. The average Bonchev–Trinajstić information content (AvgIpc) is 2.72. The highest BCUT2D eigenvalue weighted by atomic mass is 16.5. The predicted molar refractivity (Wildman–Crippen MR) is 54.2 cm³/mol. The molecule has 0 aromatic carbocycles. The van der Waals surface area contributed by atoms with Gasteiger partial charge in [0.1, 0.15) is 0 Å². The molecule has 0 saturated carbocycles. The minimum Gasteiger partial charge on any atom is -0.379 e. The fourth-order valence-corrected chi connectivity index (χ4v) is 1.96. The maximum Gasteiger partial charge on any atom is 0.0905 e. The number of aromatic nitrogens is 2. The van der Waals surface area contributed by atoms with Gasteiger partial charge in [0, 0.05) is 25.0 Å². The normalized spacial score (nSPS) is 27.8. The summed E-state index contributed by atoms with van der Waals surface area (Å²) in [6.45, 7) is 4.76. The molecular weight excluding hydrogens is 178 g/mol. The van der Waals surface area contributed by atoms with E-state index in [1.807, 2.05) is 23.1 Å².